The summed E-state index contributed by atoms with van der Waals surface area (Å²) in [5.41, 5.74) is 0.603. The van der Waals surface area contributed by atoms with Crippen molar-refractivity contribution in [3.05, 3.63) is 29.8 Å². The van der Waals surface area contributed by atoms with E-state index in [1.807, 2.05) is 5.32 Å². The molecule has 26 heavy (non-hydrogen) atoms. The summed E-state index contributed by atoms with van der Waals surface area (Å²) >= 11 is 0. The molecule has 0 unspecified atom stereocenters. The number of imide groups is 1. The largest absolute Gasteiger partial charge is 0.493 e. The summed E-state index contributed by atoms with van der Waals surface area (Å²) in [5, 5.41) is 4.42. The molecule has 0 saturated heterocycles. The molecule has 2 N–H and O–H groups in total. The molecule has 0 aliphatic rings. The summed E-state index contributed by atoms with van der Waals surface area (Å²) in [7, 11) is 4.47. The van der Waals surface area contributed by atoms with E-state index < -0.39 is 24.5 Å². The Bertz CT molecular complexity index is 659. The van der Waals surface area contributed by atoms with Gasteiger partial charge in [0.15, 0.2) is 18.1 Å². The van der Waals surface area contributed by atoms with Gasteiger partial charge in [0.25, 0.3) is 5.91 Å². The average molecular weight is 366 g/mol. The van der Waals surface area contributed by atoms with Crippen LogP contribution < -0.4 is 20.1 Å². The van der Waals surface area contributed by atoms with Crippen molar-refractivity contribution < 1.29 is 33.3 Å². The highest BCUT2D eigenvalue weighted by Gasteiger charge is 2.10. The van der Waals surface area contributed by atoms with Crippen molar-refractivity contribution in [1.29, 1.82) is 0 Å². The van der Waals surface area contributed by atoms with Crippen molar-refractivity contribution in [1.82, 2.24) is 10.6 Å². The van der Waals surface area contributed by atoms with E-state index in [0.717, 1.165) is 6.08 Å². The number of benzene rings is 1. The van der Waals surface area contributed by atoms with Crippen molar-refractivity contribution in [3.63, 3.8) is 0 Å². The predicted molar refractivity (Wildman–Crippen MR) is 93.0 cm³/mol. The van der Waals surface area contributed by atoms with Crippen LogP contribution in [-0.2, 0) is 19.1 Å². The number of nitrogens with one attached hydrogen (secondary N) is 2. The van der Waals surface area contributed by atoms with Crippen LogP contribution in [0.5, 0.6) is 11.5 Å². The Labute approximate surface area is 151 Å². The fourth-order valence-electron chi connectivity index (χ4n) is 1.86. The lowest BCUT2D eigenvalue weighted by Crippen LogP contribution is -2.42. The zero-order valence-corrected chi connectivity index (χ0v) is 14.9. The number of carbonyl (C=O) groups excluding carboxylic acids is 3. The number of methoxy groups -OCH3 is 3. The molecule has 0 atom stereocenters. The molecule has 0 saturated carbocycles. The van der Waals surface area contributed by atoms with E-state index in [9.17, 15) is 14.4 Å². The van der Waals surface area contributed by atoms with Crippen molar-refractivity contribution in [2.75, 3.05) is 41.1 Å². The molecular weight excluding hydrogens is 344 g/mol. The quantitative estimate of drug-likeness (QED) is 0.376. The Balaban J connectivity index is 2.48. The van der Waals surface area contributed by atoms with Gasteiger partial charge in [0.1, 0.15) is 0 Å². The van der Waals surface area contributed by atoms with Crippen LogP contribution in [0.15, 0.2) is 24.3 Å². The third kappa shape index (κ3) is 7.22. The Hall–Kier alpha value is -3.07. The first-order chi connectivity index (χ1) is 12.5. The van der Waals surface area contributed by atoms with Crippen LogP contribution in [0.2, 0.25) is 0 Å². The molecule has 0 aliphatic heterocycles. The highest BCUT2D eigenvalue weighted by molar-refractivity contribution is 5.96. The van der Waals surface area contributed by atoms with Gasteiger partial charge >= 0.3 is 12.0 Å². The predicted octanol–water partition coefficient (Wildman–Crippen LogP) is 0.732. The first-order valence-corrected chi connectivity index (χ1v) is 7.64. The maximum atomic E-state index is 11.7. The topological polar surface area (TPSA) is 112 Å². The number of amides is 3. The Morgan fingerprint density at radius 2 is 1.88 bits per heavy atom. The molecule has 9 heteroatoms. The third-order valence-electron chi connectivity index (χ3n) is 3.02. The van der Waals surface area contributed by atoms with Gasteiger partial charge in [-0.15, -0.1) is 0 Å². The maximum absolute atomic E-state index is 11.7. The van der Waals surface area contributed by atoms with Gasteiger partial charge in [-0.3, -0.25) is 10.1 Å². The van der Waals surface area contributed by atoms with E-state index in [4.69, 9.17) is 18.9 Å². The highest BCUT2D eigenvalue weighted by atomic mass is 16.5. The second kappa shape index (κ2) is 11.5. The molecular formula is C17H22N2O7. The van der Waals surface area contributed by atoms with E-state index in [1.54, 1.807) is 18.2 Å². The van der Waals surface area contributed by atoms with E-state index in [2.05, 4.69) is 5.32 Å². The monoisotopic (exact) mass is 366 g/mol. The van der Waals surface area contributed by atoms with E-state index in [0.29, 0.717) is 23.7 Å². The van der Waals surface area contributed by atoms with Gasteiger partial charge in [0.2, 0.25) is 0 Å². The minimum atomic E-state index is -0.749. The van der Waals surface area contributed by atoms with E-state index >= 15 is 0 Å². The van der Waals surface area contributed by atoms with Gasteiger partial charge in [-0.25, -0.2) is 9.59 Å². The van der Waals surface area contributed by atoms with Crippen LogP contribution >= 0.6 is 0 Å². The molecule has 142 valence electrons. The standard InChI is InChI=1S/C17H22N2O7/c1-23-10-9-18-17(22)19-14(20)11-26-15(21)8-7-12-5-4-6-13(24-2)16(12)25-3/h4-8H,9-11H2,1-3H3,(H2,18,19,20,22)/b8-7+. The van der Waals surface area contributed by atoms with Crippen LogP contribution in [0.25, 0.3) is 6.08 Å². The molecule has 9 nitrogen and oxygen atoms in total. The lowest BCUT2D eigenvalue weighted by molar-refractivity contribution is -0.143. The average Bonchev–Trinajstić information content (AvgIpc) is 2.64. The second-order valence-electron chi connectivity index (χ2n) is 4.82. The van der Waals surface area contributed by atoms with Gasteiger partial charge in [-0.2, -0.15) is 0 Å². The van der Waals surface area contributed by atoms with Crippen molar-refractivity contribution in [2.24, 2.45) is 0 Å². The molecule has 0 aliphatic carbocycles. The van der Waals surface area contributed by atoms with E-state index in [-0.39, 0.29) is 6.54 Å². The number of carbonyl (C=O) groups is 3. The molecule has 0 radical (unpaired) electrons. The zero-order chi connectivity index (χ0) is 19.4. The Morgan fingerprint density at radius 1 is 1.12 bits per heavy atom. The fourth-order valence-corrected chi connectivity index (χ4v) is 1.86. The minimum absolute atomic E-state index is 0.251. The molecule has 0 heterocycles. The van der Waals surface area contributed by atoms with Gasteiger partial charge in [0, 0.05) is 25.3 Å². The lowest BCUT2D eigenvalue weighted by atomic mass is 10.1. The Morgan fingerprint density at radius 3 is 2.54 bits per heavy atom. The molecule has 1 aromatic carbocycles. The van der Waals surface area contributed by atoms with Crippen LogP contribution in [0.3, 0.4) is 0 Å². The number of hydrogen-bond acceptors (Lipinski definition) is 7. The molecule has 0 spiro atoms. The third-order valence-corrected chi connectivity index (χ3v) is 3.02. The fraction of sp³-hybridized carbons (Fsp3) is 0.353. The van der Waals surface area contributed by atoms with Crippen LogP contribution in [0.4, 0.5) is 4.79 Å². The van der Waals surface area contributed by atoms with Crippen LogP contribution in [-0.4, -0.2) is 59.0 Å². The zero-order valence-electron chi connectivity index (χ0n) is 14.9. The number of rotatable bonds is 9. The number of para-hydroxylation sites is 1. The highest BCUT2D eigenvalue weighted by Crippen LogP contribution is 2.31. The Kier molecular flexibility index (Phi) is 9.26. The number of urea groups is 1. The molecule has 0 bridgehead atoms. The summed E-state index contributed by atoms with van der Waals surface area (Å²) < 4.78 is 19.9. The SMILES string of the molecule is COCCNC(=O)NC(=O)COC(=O)/C=C/c1cccc(OC)c1OC. The number of ether oxygens (including phenoxy) is 4. The van der Waals surface area contributed by atoms with Crippen LogP contribution in [0, 0.1) is 0 Å². The molecule has 3 amide bonds. The molecule has 0 fully saturated rings. The van der Waals surface area contributed by atoms with Crippen molar-refractivity contribution in [2.45, 2.75) is 0 Å². The summed E-state index contributed by atoms with van der Waals surface area (Å²) in [4.78, 5) is 34.5. The number of esters is 1. The lowest BCUT2D eigenvalue weighted by Gasteiger charge is -2.09. The van der Waals surface area contributed by atoms with Gasteiger partial charge in [0.05, 0.1) is 20.8 Å². The maximum Gasteiger partial charge on any atom is 0.331 e. The summed E-state index contributed by atoms with van der Waals surface area (Å²) in [6.07, 6.45) is 2.61. The van der Waals surface area contributed by atoms with Crippen molar-refractivity contribution in [3.8, 4) is 11.5 Å². The summed E-state index contributed by atoms with van der Waals surface area (Å²) in [5.74, 6) is -0.517. The smallest absolute Gasteiger partial charge is 0.331 e. The van der Waals surface area contributed by atoms with Gasteiger partial charge in [-0.1, -0.05) is 12.1 Å². The number of hydrogen-bond donors (Lipinski definition) is 2. The van der Waals surface area contributed by atoms with Gasteiger partial charge in [-0.05, 0) is 12.1 Å². The summed E-state index contributed by atoms with van der Waals surface area (Å²) in [6, 6.07) is 4.49. The first-order valence-electron chi connectivity index (χ1n) is 7.64. The minimum Gasteiger partial charge on any atom is -0.493 e. The molecule has 1 aromatic rings. The van der Waals surface area contributed by atoms with Crippen LogP contribution in [0.1, 0.15) is 5.56 Å². The first kappa shape index (κ1) is 21.0. The second-order valence-corrected chi connectivity index (χ2v) is 4.82. The van der Waals surface area contributed by atoms with Gasteiger partial charge < -0.3 is 24.3 Å². The van der Waals surface area contributed by atoms with E-state index in [1.165, 1.54) is 27.4 Å². The molecule has 0 aromatic heterocycles. The summed E-state index contributed by atoms with van der Waals surface area (Å²) in [6.45, 7) is -0.0221. The normalized spacial score (nSPS) is 10.3. The van der Waals surface area contributed by atoms with Crippen molar-refractivity contribution >= 4 is 24.0 Å². The molecule has 1 rings (SSSR count).